The van der Waals surface area contributed by atoms with Crippen molar-refractivity contribution in [2.45, 2.75) is 51.4 Å². The molecule has 4 N–H and O–H groups in total. The second kappa shape index (κ2) is 4.78. The van der Waals surface area contributed by atoms with Crippen molar-refractivity contribution in [3.63, 3.8) is 0 Å². The summed E-state index contributed by atoms with van der Waals surface area (Å²) in [7, 11) is 0. The minimum absolute atomic E-state index is 0.0129. The molecule has 3 heteroatoms. The third kappa shape index (κ3) is 1.88. The van der Waals surface area contributed by atoms with E-state index < -0.39 is 0 Å². The summed E-state index contributed by atoms with van der Waals surface area (Å²) in [6, 6.07) is 3.69. The standard InChI is InChI=1S/C21H27NO2/c22-12-20-7-13-6-14(8-20)10-21(9-13,11-20)17-3-1-2-16-15(17)4-5-18(23)19(16)24/h3-5,13-14,23-24H,1-2,6-12,22H2. The van der Waals surface area contributed by atoms with Gasteiger partial charge in [-0.3, -0.25) is 0 Å². The van der Waals surface area contributed by atoms with Gasteiger partial charge in [0.05, 0.1) is 0 Å². The molecule has 3 nitrogen and oxygen atoms in total. The molecule has 1 aromatic rings. The number of benzene rings is 1. The van der Waals surface area contributed by atoms with E-state index in [4.69, 9.17) is 5.73 Å². The van der Waals surface area contributed by atoms with Gasteiger partial charge < -0.3 is 15.9 Å². The van der Waals surface area contributed by atoms with Crippen molar-refractivity contribution >= 4 is 5.57 Å². The van der Waals surface area contributed by atoms with Gasteiger partial charge in [-0.2, -0.15) is 0 Å². The SMILES string of the molecule is NCC12CC3CC(C1)CC(C1=CCCc4c1ccc(O)c4O)(C3)C2. The van der Waals surface area contributed by atoms with Gasteiger partial charge >= 0.3 is 0 Å². The summed E-state index contributed by atoms with van der Waals surface area (Å²) in [5.41, 5.74) is 10.4. The van der Waals surface area contributed by atoms with Gasteiger partial charge in [0, 0.05) is 5.56 Å². The number of hydrogen-bond donors (Lipinski definition) is 3. The number of phenols is 2. The molecule has 6 rings (SSSR count). The lowest BCUT2D eigenvalue weighted by Gasteiger charge is -2.63. The molecular weight excluding hydrogens is 298 g/mol. The Labute approximate surface area is 143 Å². The van der Waals surface area contributed by atoms with E-state index >= 15 is 0 Å². The van der Waals surface area contributed by atoms with Crippen LogP contribution in [-0.2, 0) is 6.42 Å². The Balaban J connectivity index is 1.63. The number of rotatable bonds is 2. The van der Waals surface area contributed by atoms with Crippen molar-refractivity contribution in [3.05, 3.63) is 29.3 Å². The first-order chi connectivity index (χ1) is 11.5. The first kappa shape index (κ1) is 14.8. The van der Waals surface area contributed by atoms with Crippen molar-refractivity contribution in [1.82, 2.24) is 0 Å². The maximum Gasteiger partial charge on any atom is 0.161 e. The smallest absolute Gasteiger partial charge is 0.161 e. The van der Waals surface area contributed by atoms with Crippen molar-refractivity contribution in [3.8, 4) is 11.5 Å². The van der Waals surface area contributed by atoms with Crippen molar-refractivity contribution in [2.24, 2.45) is 28.4 Å². The van der Waals surface area contributed by atoms with Crippen LogP contribution >= 0.6 is 0 Å². The van der Waals surface area contributed by atoms with E-state index in [1.54, 1.807) is 6.07 Å². The fraction of sp³-hybridized carbons (Fsp3) is 0.619. The number of phenolic OH excluding ortho intramolecular Hbond substituents is 2. The lowest BCUT2D eigenvalue weighted by molar-refractivity contribution is -0.0776. The molecule has 1 aromatic carbocycles. The van der Waals surface area contributed by atoms with Crippen molar-refractivity contribution < 1.29 is 10.2 Å². The molecule has 0 spiro atoms. The molecule has 0 amide bonds. The minimum atomic E-state index is 0.0129. The van der Waals surface area contributed by atoms with Gasteiger partial charge in [-0.25, -0.2) is 0 Å². The Morgan fingerprint density at radius 1 is 1.08 bits per heavy atom. The fourth-order valence-electron chi connectivity index (χ4n) is 7.11. The van der Waals surface area contributed by atoms with E-state index in [2.05, 4.69) is 6.08 Å². The molecule has 2 atom stereocenters. The first-order valence-corrected chi connectivity index (χ1v) is 9.49. The molecule has 0 aliphatic heterocycles. The van der Waals surface area contributed by atoms with Crippen LogP contribution in [0.3, 0.4) is 0 Å². The molecule has 4 fully saturated rings. The predicted octanol–water partition coefficient (Wildman–Crippen LogP) is 3.97. The maximum atomic E-state index is 10.3. The normalized spacial score (nSPS) is 39.6. The summed E-state index contributed by atoms with van der Waals surface area (Å²) in [4.78, 5) is 0. The average Bonchev–Trinajstić information content (AvgIpc) is 2.57. The number of hydrogen-bond acceptors (Lipinski definition) is 3. The van der Waals surface area contributed by atoms with Gasteiger partial charge in [0.2, 0.25) is 0 Å². The van der Waals surface area contributed by atoms with Gasteiger partial charge in [0.15, 0.2) is 11.5 Å². The summed E-state index contributed by atoms with van der Waals surface area (Å²) in [6.45, 7) is 0.822. The minimum Gasteiger partial charge on any atom is -0.504 e. The zero-order valence-electron chi connectivity index (χ0n) is 14.2. The molecule has 0 radical (unpaired) electrons. The van der Waals surface area contributed by atoms with Crippen LogP contribution in [0.25, 0.3) is 5.57 Å². The number of fused-ring (bicyclic) bond motifs is 1. The van der Waals surface area contributed by atoms with Gasteiger partial charge in [-0.15, -0.1) is 0 Å². The van der Waals surface area contributed by atoms with Crippen LogP contribution in [0, 0.1) is 22.7 Å². The van der Waals surface area contributed by atoms with Gasteiger partial charge in [0.25, 0.3) is 0 Å². The van der Waals surface area contributed by atoms with Crippen LogP contribution in [0.1, 0.15) is 56.1 Å². The van der Waals surface area contributed by atoms with Crippen LogP contribution < -0.4 is 5.73 Å². The Morgan fingerprint density at radius 2 is 1.83 bits per heavy atom. The molecule has 0 heterocycles. The molecule has 2 unspecified atom stereocenters. The average molecular weight is 325 g/mol. The molecule has 0 saturated heterocycles. The third-order valence-electron chi connectivity index (χ3n) is 7.48. The Bertz CT molecular complexity index is 722. The highest BCUT2D eigenvalue weighted by Gasteiger charge is 2.58. The highest BCUT2D eigenvalue weighted by molar-refractivity contribution is 5.77. The van der Waals surface area contributed by atoms with Gasteiger partial charge in [-0.05, 0) is 97.8 Å². The predicted molar refractivity (Wildman–Crippen MR) is 94.7 cm³/mol. The van der Waals surface area contributed by atoms with E-state index in [0.29, 0.717) is 5.41 Å². The summed E-state index contributed by atoms with van der Waals surface area (Å²) in [5.74, 6) is 1.76. The monoisotopic (exact) mass is 325 g/mol. The Kier molecular flexibility index (Phi) is 2.96. The molecule has 4 saturated carbocycles. The zero-order valence-corrected chi connectivity index (χ0v) is 14.2. The third-order valence-corrected chi connectivity index (χ3v) is 7.48. The molecule has 5 aliphatic rings. The summed E-state index contributed by atoms with van der Waals surface area (Å²) >= 11 is 0. The Hall–Kier alpha value is -1.48. The van der Waals surface area contributed by atoms with Crippen LogP contribution in [0.15, 0.2) is 18.2 Å². The Morgan fingerprint density at radius 3 is 2.54 bits per heavy atom. The number of allylic oxidation sites excluding steroid dienone is 2. The summed E-state index contributed by atoms with van der Waals surface area (Å²) in [5, 5.41) is 20.2. The van der Waals surface area contributed by atoms with Crippen LogP contribution in [0.5, 0.6) is 11.5 Å². The van der Waals surface area contributed by atoms with Gasteiger partial charge in [0.1, 0.15) is 0 Å². The molecule has 4 bridgehead atoms. The largest absolute Gasteiger partial charge is 0.504 e. The maximum absolute atomic E-state index is 10.3. The highest BCUT2D eigenvalue weighted by Crippen LogP contribution is 2.69. The van der Waals surface area contributed by atoms with Crippen LogP contribution in [0.2, 0.25) is 0 Å². The van der Waals surface area contributed by atoms with Gasteiger partial charge in [-0.1, -0.05) is 12.1 Å². The van der Waals surface area contributed by atoms with E-state index in [1.807, 2.05) is 6.07 Å². The van der Waals surface area contributed by atoms with Crippen LogP contribution in [0.4, 0.5) is 0 Å². The van der Waals surface area contributed by atoms with E-state index in [0.717, 1.165) is 36.8 Å². The molecule has 24 heavy (non-hydrogen) atoms. The molecule has 5 aliphatic carbocycles. The number of nitrogens with two attached hydrogens (primary N) is 1. The molecule has 128 valence electrons. The topological polar surface area (TPSA) is 66.5 Å². The quantitative estimate of drug-likeness (QED) is 0.721. The molecule has 0 aromatic heterocycles. The van der Waals surface area contributed by atoms with Crippen LogP contribution in [-0.4, -0.2) is 16.8 Å². The second-order valence-electron chi connectivity index (χ2n) is 9.06. The second-order valence-corrected chi connectivity index (χ2v) is 9.06. The lowest BCUT2D eigenvalue weighted by Crippen LogP contribution is -2.55. The van der Waals surface area contributed by atoms with Crippen molar-refractivity contribution in [1.29, 1.82) is 0 Å². The first-order valence-electron chi connectivity index (χ1n) is 9.49. The van der Waals surface area contributed by atoms with E-state index in [1.165, 1.54) is 49.7 Å². The highest BCUT2D eigenvalue weighted by atomic mass is 16.3. The zero-order chi connectivity index (χ0) is 16.5. The van der Waals surface area contributed by atoms with E-state index in [-0.39, 0.29) is 16.9 Å². The summed E-state index contributed by atoms with van der Waals surface area (Å²) < 4.78 is 0. The summed E-state index contributed by atoms with van der Waals surface area (Å²) in [6.07, 6.45) is 12.1. The fourth-order valence-corrected chi connectivity index (χ4v) is 7.11. The lowest BCUT2D eigenvalue weighted by atomic mass is 9.42. The van der Waals surface area contributed by atoms with E-state index in [9.17, 15) is 10.2 Å². The van der Waals surface area contributed by atoms with Crippen molar-refractivity contribution in [2.75, 3.05) is 6.54 Å². The number of aromatic hydroxyl groups is 2. The molecular formula is C21H27NO2.